The lowest BCUT2D eigenvalue weighted by molar-refractivity contribution is 0.454. The molecule has 0 saturated heterocycles. The molecule has 1 saturated carbocycles. The van der Waals surface area contributed by atoms with Crippen LogP contribution in [0.1, 0.15) is 45.1 Å². The molecule has 0 aromatic carbocycles. The summed E-state index contributed by atoms with van der Waals surface area (Å²) in [6, 6.07) is 2.18. The molecule has 19 heavy (non-hydrogen) atoms. The average molecular weight is 286 g/mol. The molecule has 2 rings (SSSR count). The highest BCUT2D eigenvalue weighted by Gasteiger charge is 2.27. The van der Waals surface area contributed by atoms with E-state index in [4.69, 9.17) is 4.42 Å². The van der Waals surface area contributed by atoms with Crippen LogP contribution in [0.25, 0.3) is 0 Å². The van der Waals surface area contributed by atoms with Gasteiger partial charge in [0, 0.05) is 17.6 Å². The minimum absolute atomic E-state index is 0.232. The summed E-state index contributed by atoms with van der Waals surface area (Å²) in [4.78, 5) is 0.232. The third-order valence-electron chi connectivity index (χ3n) is 2.80. The molecule has 1 fully saturated rings. The largest absolute Gasteiger partial charge is 0.464 e. The normalized spacial score (nSPS) is 16.8. The fourth-order valence-electron chi connectivity index (χ4n) is 1.87. The van der Waals surface area contributed by atoms with Crippen LogP contribution in [0.5, 0.6) is 0 Å². The van der Waals surface area contributed by atoms with Crippen LogP contribution in [0.2, 0.25) is 0 Å². The summed E-state index contributed by atoms with van der Waals surface area (Å²) >= 11 is 0. The van der Waals surface area contributed by atoms with Crippen molar-refractivity contribution >= 4 is 10.0 Å². The Hall–Kier alpha value is -0.850. The molecule has 0 aliphatic heterocycles. The van der Waals surface area contributed by atoms with Crippen molar-refractivity contribution < 1.29 is 12.8 Å². The maximum Gasteiger partial charge on any atom is 0.244 e. The second-order valence-corrected chi connectivity index (χ2v) is 7.79. The molecular formula is C13H22N2O3S. The lowest BCUT2D eigenvalue weighted by atomic mass is 10.1. The van der Waals surface area contributed by atoms with E-state index >= 15 is 0 Å². The Labute approximate surface area is 114 Å². The highest BCUT2D eigenvalue weighted by atomic mass is 32.2. The predicted molar refractivity (Wildman–Crippen MR) is 73.4 cm³/mol. The van der Waals surface area contributed by atoms with E-state index in [1.54, 1.807) is 13.0 Å². The molecule has 0 unspecified atom stereocenters. The monoisotopic (exact) mass is 286 g/mol. The summed E-state index contributed by atoms with van der Waals surface area (Å²) in [6.07, 6.45) is 2.38. The second kappa shape index (κ2) is 4.92. The number of hydrogen-bond donors (Lipinski definition) is 2. The molecule has 0 amide bonds. The lowest BCUT2D eigenvalue weighted by Gasteiger charge is -2.19. The van der Waals surface area contributed by atoms with Crippen LogP contribution in [-0.2, 0) is 16.6 Å². The third kappa shape index (κ3) is 4.06. The van der Waals surface area contributed by atoms with E-state index in [1.165, 1.54) is 12.8 Å². The van der Waals surface area contributed by atoms with E-state index in [0.29, 0.717) is 24.1 Å². The molecule has 1 aromatic heterocycles. The molecule has 1 aliphatic carbocycles. The Morgan fingerprint density at radius 1 is 1.37 bits per heavy atom. The Morgan fingerprint density at radius 2 is 2.00 bits per heavy atom. The van der Waals surface area contributed by atoms with Gasteiger partial charge in [-0.05, 0) is 40.5 Å². The molecule has 0 spiro atoms. The van der Waals surface area contributed by atoms with Crippen LogP contribution >= 0.6 is 0 Å². The van der Waals surface area contributed by atoms with Gasteiger partial charge in [-0.25, -0.2) is 13.1 Å². The molecule has 5 nitrogen and oxygen atoms in total. The van der Waals surface area contributed by atoms with E-state index in [2.05, 4.69) is 10.0 Å². The van der Waals surface area contributed by atoms with Crippen molar-refractivity contribution in [3.8, 4) is 0 Å². The minimum Gasteiger partial charge on any atom is -0.464 e. The van der Waals surface area contributed by atoms with Gasteiger partial charge in [0.2, 0.25) is 10.0 Å². The fourth-order valence-corrected chi connectivity index (χ4v) is 3.49. The second-order valence-electron chi connectivity index (χ2n) is 6.14. The number of furan rings is 1. The maximum atomic E-state index is 12.2. The van der Waals surface area contributed by atoms with E-state index in [0.717, 1.165) is 0 Å². The molecule has 0 radical (unpaired) electrons. The Kier molecular flexibility index (Phi) is 3.77. The van der Waals surface area contributed by atoms with Gasteiger partial charge < -0.3 is 9.73 Å². The molecule has 1 heterocycles. The number of aryl methyl sites for hydroxylation is 1. The number of rotatable bonds is 5. The van der Waals surface area contributed by atoms with Crippen LogP contribution in [0, 0.1) is 6.92 Å². The smallest absolute Gasteiger partial charge is 0.244 e. The molecule has 2 N–H and O–H groups in total. The van der Waals surface area contributed by atoms with Crippen LogP contribution in [0.15, 0.2) is 15.4 Å². The topological polar surface area (TPSA) is 71.3 Å². The summed E-state index contributed by atoms with van der Waals surface area (Å²) in [6.45, 7) is 7.70. The summed E-state index contributed by atoms with van der Waals surface area (Å²) in [5, 5.41) is 3.30. The first-order valence-corrected chi connectivity index (χ1v) is 8.02. The van der Waals surface area contributed by atoms with E-state index in [-0.39, 0.29) is 4.90 Å². The maximum absolute atomic E-state index is 12.2. The van der Waals surface area contributed by atoms with Crippen molar-refractivity contribution in [1.29, 1.82) is 0 Å². The lowest BCUT2D eigenvalue weighted by Crippen LogP contribution is -2.40. The minimum atomic E-state index is -3.52. The molecule has 1 aromatic rings. The molecule has 1 aliphatic rings. The highest BCUT2D eigenvalue weighted by Crippen LogP contribution is 2.23. The molecule has 0 bridgehead atoms. The third-order valence-corrected chi connectivity index (χ3v) is 4.66. The SMILES string of the molecule is Cc1oc(CNC2CC2)cc1S(=O)(=O)NC(C)(C)C. The summed E-state index contributed by atoms with van der Waals surface area (Å²) in [5.74, 6) is 1.10. The standard InChI is InChI=1S/C13H22N2O3S/c1-9-12(19(16,17)15-13(2,3)4)7-11(18-9)8-14-10-5-6-10/h7,10,14-15H,5-6,8H2,1-4H3. The van der Waals surface area contributed by atoms with Crippen LogP contribution < -0.4 is 10.0 Å². The Bertz CT molecular complexity index is 551. The first-order valence-electron chi connectivity index (χ1n) is 6.54. The van der Waals surface area contributed by atoms with Gasteiger partial charge in [0.15, 0.2) is 0 Å². The molecular weight excluding hydrogens is 264 g/mol. The van der Waals surface area contributed by atoms with Crippen LogP contribution in [0.3, 0.4) is 0 Å². The Morgan fingerprint density at radius 3 is 2.53 bits per heavy atom. The quantitative estimate of drug-likeness (QED) is 0.867. The molecule has 6 heteroatoms. The van der Waals surface area contributed by atoms with Crippen molar-refractivity contribution in [2.75, 3.05) is 0 Å². The summed E-state index contributed by atoms with van der Waals surface area (Å²) < 4.78 is 32.6. The van der Waals surface area contributed by atoms with Gasteiger partial charge in [-0.3, -0.25) is 0 Å². The van der Waals surface area contributed by atoms with Crippen molar-refractivity contribution in [3.05, 3.63) is 17.6 Å². The zero-order chi connectivity index (χ0) is 14.3. The van der Waals surface area contributed by atoms with Crippen LogP contribution in [-0.4, -0.2) is 20.0 Å². The molecule has 108 valence electrons. The van der Waals surface area contributed by atoms with Gasteiger partial charge in [-0.15, -0.1) is 0 Å². The number of nitrogens with one attached hydrogen (secondary N) is 2. The highest BCUT2D eigenvalue weighted by molar-refractivity contribution is 7.89. The summed E-state index contributed by atoms with van der Waals surface area (Å²) in [5.41, 5.74) is -0.505. The van der Waals surface area contributed by atoms with Crippen molar-refractivity contribution in [2.24, 2.45) is 0 Å². The predicted octanol–water partition coefficient (Wildman–Crippen LogP) is 1.92. The number of hydrogen-bond acceptors (Lipinski definition) is 4. The van der Waals surface area contributed by atoms with Gasteiger partial charge >= 0.3 is 0 Å². The van der Waals surface area contributed by atoms with Crippen molar-refractivity contribution in [2.45, 2.75) is 63.6 Å². The van der Waals surface area contributed by atoms with Crippen LogP contribution in [0.4, 0.5) is 0 Å². The zero-order valence-electron chi connectivity index (χ0n) is 11.9. The zero-order valence-corrected chi connectivity index (χ0v) is 12.7. The first kappa shape index (κ1) is 14.6. The number of sulfonamides is 1. The van der Waals surface area contributed by atoms with Crippen molar-refractivity contribution in [1.82, 2.24) is 10.0 Å². The molecule has 0 atom stereocenters. The van der Waals surface area contributed by atoms with Gasteiger partial charge in [0.05, 0.1) is 6.54 Å². The first-order chi connectivity index (χ1) is 8.67. The van der Waals surface area contributed by atoms with Gasteiger partial charge in [0.25, 0.3) is 0 Å². The van der Waals surface area contributed by atoms with E-state index in [1.807, 2.05) is 20.8 Å². The van der Waals surface area contributed by atoms with Gasteiger partial charge in [0.1, 0.15) is 16.4 Å². The Balaban J connectivity index is 2.14. The van der Waals surface area contributed by atoms with Gasteiger partial charge in [-0.2, -0.15) is 0 Å². The van der Waals surface area contributed by atoms with Gasteiger partial charge in [-0.1, -0.05) is 0 Å². The van der Waals surface area contributed by atoms with Crippen molar-refractivity contribution in [3.63, 3.8) is 0 Å². The van der Waals surface area contributed by atoms with E-state index < -0.39 is 15.6 Å². The fraction of sp³-hybridized carbons (Fsp3) is 0.692. The van der Waals surface area contributed by atoms with E-state index in [9.17, 15) is 8.42 Å². The average Bonchev–Trinajstić information content (AvgIpc) is 2.95. The summed E-state index contributed by atoms with van der Waals surface area (Å²) in [7, 11) is -3.52.